The van der Waals surface area contributed by atoms with Crippen molar-refractivity contribution in [3.8, 4) is 11.3 Å². The Kier molecular flexibility index (Phi) is 4.35. The Morgan fingerprint density at radius 1 is 0.903 bits per heavy atom. The molecular weight excluding hydrogens is 396 g/mol. The van der Waals surface area contributed by atoms with Crippen molar-refractivity contribution in [1.82, 2.24) is 4.98 Å². The number of benzene rings is 2. The highest BCUT2D eigenvalue weighted by Gasteiger charge is 2.28. The van der Waals surface area contributed by atoms with Gasteiger partial charge < -0.3 is 4.42 Å². The van der Waals surface area contributed by atoms with Crippen molar-refractivity contribution in [2.24, 2.45) is 7.05 Å². The maximum absolute atomic E-state index is 6.34. The van der Waals surface area contributed by atoms with E-state index in [4.69, 9.17) is 4.42 Å². The van der Waals surface area contributed by atoms with Crippen molar-refractivity contribution < 1.29 is 8.98 Å². The molecule has 0 unspecified atom stereocenters. The summed E-state index contributed by atoms with van der Waals surface area (Å²) in [5.74, 6) is 0. The van der Waals surface area contributed by atoms with Crippen LogP contribution in [-0.2, 0) is 7.05 Å². The second kappa shape index (κ2) is 6.76. The van der Waals surface area contributed by atoms with Crippen molar-refractivity contribution in [2.45, 2.75) is 40.4 Å². The Morgan fingerprint density at radius 3 is 2.42 bits per heavy atom. The largest absolute Gasteiger partial charge is 0.437 e. The number of aryl methyl sites for hydroxylation is 3. The number of pyridine rings is 2. The van der Waals surface area contributed by atoms with Crippen LogP contribution in [0.4, 0.5) is 0 Å². The number of fused-ring (bicyclic) bond motifs is 4. The summed E-state index contributed by atoms with van der Waals surface area (Å²) >= 11 is 0. The molecule has 0 N–H and O–H groups in total. The predicted octanol–water partition coefficient (Wildman–Crippen LogP) is 6.10. The van der Waals surface area contributed by atoms with Crippen LogP contribution in [0.25, 0.3) is 44.2 Å². The molecule has 0 saturated heterocycles. The first-order valence-corrected chi connectivity index (χ1v) is 14.4. The summed E-state index contributed by atoms with van der Waals surface area (Å²) in [6.07, 6.45) is 1.79. The van der Waals surface area contributed by atoms with E-state index < -0.39 is 8.07 Å². The normalized spacial score (nSPS) is 12.4. The molecule has 0 aliphatic heterocycles. The zero-order valence-corrected chi connectivity index (χ0v) is 20.4. The third-order valence-corrected chi connectivity index (χ3v) is 8.67. The Bertz CT molecular complexity index is 1510. The lowest BCUT2D eigenvalue weighted by Gasteiger charge is -2.20. The Hall–Kier alpha value is -2.98. The smallest absolute Gasteiger partial charge is 0.227 e. The van der Waals surface area contributed by atoms with Gasteiger partial charge in [-0.15, -0.1) is 0 Å². The van der Waals surface area contributed by atoms with Crippen molar-refractivity contribution in [3.63, 3.8) is 0 Å². The Morgan fingerprint density at radius 2 is 1.68 bits per heavy atom. The van der Waals surface area contributed by atoms with Gasteiger partial charge in [-0.25, -0.2) is 4.98 Å². The average molecular weight is 426 g/mol. The minimum absolute atomic E-state index is 0.699. The van der Waals surface area contributed by atoms with Crippen molar-refractivity contribution in [3.05, 3.63) is 65.4 Å². The summed E-state index contributed by atoms with van der Waals surface area (Å²) in [6, 6.07) is 15.4. The van der Waals surface area contributed by atoms with Gasteiger partial charge in [0.1, 0.15) is 7.05 Å². The molecule has 4 heteroatoms. The summed E-state index contributed by atoms with van der Waals surface area (Å²) in [6.45, 7) is 13.9. The standard InChI is InChI=1S/C27H29N2OSi/c1-16-14-20-19-10-9-13-28-27(19)30-26(20)25(18(16)3)22-15-17(2)24-21(29(22)4)11-8-12-23(24)31(5,6)7/h8-15H,1-7H3/q+1. The highest BCUT2D eigenvalue weighted by molar-refractivity contribution is 6.90. The number of hydrogen-bond acceptors (Lipinski definition) is 2. The molecule has 3 nitrogen and oxygen atoms in total. The van der Waals surface area contributed by atoms with Crippen LogP contribution in [0, 0.1) is 20.8 Å². The number of furan rings is 1. The molecule has 156 valence electrons. The van der Waals surface area contributed by atoms with Crippen LogP contribution in [-0.4, -0.2) is 13.1 Å². The van der Waals surface area contributed by atoms with Gasteiger partial charge in [-0.1, -0.05) is 31.8 Å². The van der Waals surface area contributed by atoms with Gasteiger partial charge in [-0.2, -0.15) is 4.57 Å². The number of hydrogen-bond donors (Lipinski definition) is 0. The maximum atomic E-state index is 6.34. The van der Waals surface area contributed by atoms with E-state index in [9.17, 15) is 0 Å². The summed E-state index contributed by atoms with van der Waals surface area (Å²) < 4.78 is 8.68. The van der Waals surface area contributed by atoms with Crippen LogP contribution in [0.5, 0.6) is 0 Å². The molecule has 3 aromatic heterocycles. The molecule has 0 aliphatic carbocycles. The SMILES string of the molecule is Cc1cc2c(oc3ncccc32)c(-c2cc(C)c3c([Si](C)(C)C)cccc3[n+]2C)c1C. The van der Waals surface area contributed by atoms with Crippen molar-refractivity contribution >= 4 is 46.2 Å². The zero-order chi connectivity index (χ0) is 22.1. The van der Waals surface area contributed by atoms with Gasteiger partial charge in [-0.05, 0) is 60.8 Å². The maximum Gasteiger partial charge on any atom is 0.227 e. The summed E-state index contributed by atoms with van der Waals surface area (Å²) in [5.41, 5.74) is 9.09. The van der Waals surface area contributed by atoms with Crippen LogP contribution >= 0.6 is 0 Å². The first-order chi connectivity index (χ1) is 14.7. The van der Waals surface area contributed by atoms with Gasteiger partial charge in [0.15, 0.2) is 5.58 Å². The molecule has 0 amide bonds. The molecule has 0 bridgehead atoms. The molecule has 0 aliphatic rings. The second-order valence-corrected chi connectivity index (χ2v) is 14.8. The lowest BCUT2D eigenvalue weighted by atomic mass is 9.95. The molecular formula is C27H29N2OSi+. The van der Waals surface area contributed by atoms with Gasteiger partial charge in [0, 0.05) is 34.5 Å². The van der Waals surface area contributed by atoms with E-state index in [1.165, 1.54) is 44.0 Å². The van der Waals surface area contributed by atoms with Gasteiger partial charge in [-0.3, -0.25) is 0 Å². The number of nitrogens with zero attached hydrogens (tertiary/aromatic N) is 2. The first-order valence-electron chi connectivity index (χ1n) is 10.9. The quantitative estimate of drug-likeness (QED) is 0.253. The lowest BCUT2D eigenvalue weighted by Crippen LogP contribution is -2.41. The number of aromatic nitrogens is 2. The molecule has 0 atom stereocenters. The van der Waals surface area contributed by atoms with Crippen LogP contribution in [0.15, 0.2) is 53.1 Å². The highest BCUT2D eigenvalue weighted by Crippen LogP contribution is 2.38. The summed E-state index contributed by atoms with van der Waals surface area (Å²) in [4.78, 5) is 4.47. The van der Waals surface area contributed by atoms with E-state index in [-0.39, 0.29) is 0 Å². The molecule has 2 aromatic carbocycles. The predicted molar refractivity (Wildman–Crippen MR) is 133 cm³/mol. The minimum atomic E-state index is -1.47. The van der Waals surface area contributed by atoms with E-state index in [0.29, 0.717) is 5.71 Å². The van der Waals surface area contributed by atoms with E-state index in [1.54, 1.807) is 6.20 Å². The monoisotopic (exact) mass is 425 g/mol. The van der Waals surface area contributed by atoms with Crippen LogP contribution in [0.1, 0.15) is 16.7 Å². The topological polar surface area (TPSA) is 29.9 Å². The molecule has 0 saturated carbocycles. The first kappa shape index (κ1) is 19.9. The molecule has 5 rings (SSSR count). The molecule has 3 heterocycles. The fourth-order valence-electron chi connectivity index (χ4n) is 4.88. The van der Waals surface area contributed by atoms with E-state index in [0.717, 1.165) is 16.4 Å². The fourth-order valence-corrected chi connectivity index (χ4v) is 6.55. The average Bonchev–Trinajstić information content (AvgIpc) is 3.09. The zero-order valence-electron chi connectivity index (χ0n) is 19.4. The highest BCUT2D eigenvalue weighted by atomic mass is 28.3. The molecule has 31 heavy (non-hydrogen) atoms. The fraction of sp³-hybridized carbons (Fsp3) is 0.259. The third-order valence-electron chi connectivity index (χ3n) is 6.64. The van der Waals surface area contributed by atoms with Gasteiger partial charge in [0.2, 0.25) is 16.9 Å². The van der Waals surface area contributed by atoms with Crippen LogP contribution in [0.2, 0.25) is 19.6 Å². The van der Waals surface area contributed by atoms with E-state index in [2.05, 4.69) is 93.4 Å². The minimum Gasteiger partial charge on any atom is -0.437 e. The van der Waals surface area contributed by atoms with Gasteiger partial charge in [0.05, 0.1) is 13.6 Å². The molecule has 0 radical (unpaired) electrons. The lowest BCUT2D eigenvalue weighted by molar-refractivity contribution is -0.633. The van der Waals surface area contributed by atoms with Crippen LogP contribution in [0.3, 0.4) is 0 Å². The van der Waals surface area contributed by atoms with Gasteiger partial charge >= 0.3 is 0 Å². The van der Waals surface area contributed by atoms with Crippen molar-refractivity contribution in [2.75, 3.05) is 0 Å². The van der Waals surface area contributed by atoms with E-state index in [1.807, 2.05) is 6.07 Å². The van der Waals surface area contributed by atoms with E-state index >= 15 is 0 Å². The van der Waals surface area contributed by atoms with Crippen LogP contribution < -0.4 is 9.75 Å². The number of rotatable bonds is 2. The molecule has 0 fully saturated rings. The summed E-state index contributed by atoms with van der Waals surface area (Å²) in [7, 11) is 0.706. The molecule has 5 aromatic rings. The Balaban J connectivity index is 1.93. The van der Waals surface area contributed by atoms with Crippen molar-refractivity contribution in [1.29, 1.82) is 0 Å². The summed E-state index contributed by atoms with van der Waals surface area (Å²) in [5, 5.41) is 5.13. The van der Waals surface area contributed by atoms with Gasteiger partial charge in [0.25, 0.3) is 0 Å². The molecule has 0 spiro atoms. The Labute approximate surface area is 184 Å². The second-order valence-electron chi connectivity index (χ2n) is 9.75. The third kappa shape index (κ3) is 2.93.